The summed E-state index contributed by atoms with van der Waals surface area (Å²) in [5, 5.41) is 19.6. The molecule has 19 heavy (non-hydrogen) atoms. The van der Waals surface area contributed by atoms with Crippen molar-refractivity contribution >= 4 is 11.9 Å². The zero-order valence-electron chi connectivity index (χ0n) is 11.1. The van der Waals surface area contributed by atoms with E-state index in [2.05, 4.69) is 15.6 Å². The van der Waals surface area contributed by atoms with E-state index in [1.807, 2.05) is 6.92 Å². The van der Waals surface area contributed by atoms with Crippen molar-refractivity contribution in [3.05, 3.63) is 11.9 Å². The highest BCUT2D eigenvalue weighted by Gasteiger charge is 2.46. The Bertz CT molecular complexity index is 499. The summed E-state index contributed by atoms with van der Waals surface area (Å²) < 4.78 is 1.56. The molecule has 0 radical (unpaired) electrons. The molecular weight excluding hydrogens is 248 g/mol. The Morgan fingerprint density at radius 1 is 1.63 bits per heavy atom. The number of hydrogen-bond acceptors (Lipinski definition) is 4. The molecule has 2 N–H and O–H groups in total. The van der Waals surface area contributed by atoms with E-state index in [0.717, 1.165) is 6.42 Å². The van der Waals surface area contributed by atoms with Gasteiger partial charge in [-0.3, -0.25) is 14.3 Å². The van der Waals surface area contributed by atoms with Crippen molar-refractivity contribution in [3.8, 4) is 0 Å². The minimum absolute atomic E-state index is 0.224. The number of aromatic nitrogens is 3. The highest BCUT2D eigenvalue weighted by Crippen LogP contribution is 2.38. The molecule has 7 nitrogen and oxygen atoms in total. The van der Waals surface area contributed by atoms with Crippen LogP contribution < -0.4 is 5.32 Å². The van der Waals surface area contributed by atoms with Gasteiger partial charge in [0.2, 0.25) is 0 Å². The second kappa shape index (κ2) is 4.99. The number of carbonyl (C=O) groups excluding carboxylic acids is 1. The van der Waals surface area contributed by atoms with Crippen LogP contribution in [0.3, 0.4) is 0 Å². The van der Waals surface area contributed by atoms with Crippen molar-refractivity contribution < 1.29 is 14.7 Å². The van der Waals surface area contributed by atoms with Crippen molar-refractivity contribution in [2.45, 2.75) is 45.7 Å². The number of nitrogens with one attached hydrogen (secondary N) is 1. The summed E-state index contributed by atoms with van der Waals surface area (Å²) in [4.78, 5) is 23.3. The lowest BCUT2D eigenvalue weighted by molar-refractivity contribution is -0.148. The van der Waals surface area contributed by atoms with Gasteiger partial charge in [0.05, 0.1) is 11.6 Å². The summed E-state index contributed by atoms with van der Waals surface area (Å²) in [6.45, 7) is 4.21. The summed E-state index contributed by atoms with van der Waals surface area (Å²) in [7, 11) is 0. The van der Waals surface area contributed by atoms with Gasteiger partial charge >= 0.3 is 5.97 Å². The fraction of sp³-hybridized carbons (Fsp3) is 0.667. The molecule has 1 heterocycles. The quantitative estimate of drug-likeness (QED) is 0.834. The van der Waals surface area contributed by atoms with Crippen molar-refractivity contribution in [1.29, 1.82) is 0 Å². The number of rotatable bonds is 4. The molecular formula is C12H18N4O3. The molecule has 0 bridgehead atoms. The Labute approximate surface area is 111 Å². The van der Waals surface area contributed by atoms with Crippen LogP contribution >= 0.6 is 0 Å². The lowest BCUT2D eigenvalue weighted by atomic mass is 9.85. The smallest absolute Gasteiger partial charge is 0.311 e. The Balaban J connectivity index is 2.08. The van der Waals surface area contributed by atoms with Crippen LogP contribution in [0.4, 0.5) is 0 Å². The van der Waals surface area contributed by atoms with E-state index in [1.165, 1.54) is 0 Å². The van der Waals surface area contributed by atoms with Crippen molar-refractivity contribution in [1.82, 2.24) is 20.3 Å². The lowest BCUT2D eigenvalue weighted by Gasteiger charge is -2.27. The topological polar surface area (TPSA) is 97.1 Å². The van der Waals surface area contributed by atoms with Gasteiger partial charge in [-0.1, -0.05) is 11.6 Å². The molecule has 0 aromatic carbocycles. The molecule has 7 heteroatoms. The van der Waals surface area contributed by atoms with Gasteiger partial charge in [0.1, 0.15) is 0 Å². The standard InChI is InChI=1S/C12H18N4O3/c1-3-16-7-8(14-15-16)10(17)13-9-5-4-6-12(9,2)11(18)19/h7,9H,3-6H2,1-2H3,(H,13,17)(H,18,19). The third-order valence-corrected chi connectivity index (χ3v) is 3.85. The number of hydrogen-bond donors (Lipinski definition) is 2. The number of nitrogens with zero attached hydrogens (tertiary/aromatic N) is 3. The van der Waals surface area contributed by atoms with Crippen LogP contribution in [0.15, 0.2) is 6.20 Å². The number of aryl methyl sites for hydroxylation is 1. The Kier molecular flexibility index (Phi) is 3.55. The van der Waals surface area contributed by atoms with Crippen LogP contribution in [0.25, 0.3) is 0 Å². The summed E-state index contributed by atoms with van der Waals surface area (Å²) in [5.74, 6) is -1.23. The third-order valence-electron chi connectivity index (χ3n) is 3.85. The monoisotopic (exact) mass is 266 g/mol. The third kappa shape index (κ3) is 2.45. The van der Waals surface area contributed by atoms with Crippen LogP contribution in [-0.4, -0.2) is 38.0 Å². The zero-order chi connectivity index (χ0) is 14.0. The molecule has 1 aromatic heterocycles. The summed E-state index contributed by atoms with van der Waals surface area (Å²) >= 11 is 0. The van der Waals surface area contributed by atoms with E-state index < -0.39 is 11.4 Å². The van der Waals surface area contributed by atoms with E-state index in [0.29, 0.717) is 19.4 Å². The SMILES string of the molecule is CCn1cc(C(=O)NC2CCCC2(C)C(=O)O)nn1. The van der Waals surface area contributed by atoms with Crippen LogP contribution in [0.2, 0.25) is 0 Å². The average Bonchev–Trinajstić information content (AvgIpc) is 2.97. The summed E-state index contributed by atoms with van der Waals surface area (Å²) in [6, 6.07) is -0.357. The molecule has 1 aliphatic carbocycles. The van der Waals surface area contributed by atoms with Gasteiger partial charge in [0, 0.05) is 12.6 Å². The molecule has 2 rings (SSSR count). The van der Waals surface area contributed by atoms with Gasteiger partial charge in [-0.25, -0.2) is 0 Å². The van der Waals surface area contributed by atoms with Crippen LogP contribution in [0, 0.1) is 5.41 Å². The van der Waals surface area contributed by atoms with Crippen molar-refractivity contribution in [2.24, 2.45) is 5.41 Å². The fourth-order valence-corrected chi connectivity index (χ4v) is 2.44. The first kappa shape index (κ1) is 13.5. The molecule has 104 valence electrons. The van der Waals surface area contributed by atoms with E-state index in [4.69, 9.17) is 0 Å². The summed E-state index contributed by atoms with van der Waals surface area (Å²) in [6.07, 6.45) is 3.61. The molecule has 1 aromatic rings. The molecule has 0 aliphatic heterocycles. The maximum atomic E-state index is 12.0. The molecule has 2 atom stereocenters. The van der Waals surface area contributed by atoms with Crippen molar-refractivity contribution in [2.75, 3.05) is 0 Å². The second-order valence-corrected chi connectivity index (χ2v) is 5.10. The minimum atomic E-state index is -0.892. The van der Waals surface area contributed by atoms with Crippen molar-refractivity contribution in [3.63, 3.8) is 0 Å². The van der Waals surface area contributed by atoms with Crippen LogP contribution in [0.5, 0.6) is 0 Å². The normalized spacial score (nSPS) is 26.3. The minimum Gasteiger partial charge on any atom is -0.481 e. The fourth-order valence-electron chi connectivity index (χ4n) is 2.44. The number of carboxylic acids is 1. The van der Waals surface area contributed by atoms with Gasteiger partial charge in [0.15, 0.2) is 5.69 Å². The maximum Gasteiger partial charge on any atom is 0.311 e. The first-order chi connectivity index (χ1) is 8.97. The molecule has 1 saturated carbocycles. The van der Waals surface area contributed by atoms with E-state index >= 15 is 0 Å². The number of carboxylic acid groups (broad SMARTS) is 1. The van der Waals surface area contributed by atoms with Gasteiger partial charge in [-0.05, 0) is 26.7 Å². The lowest BCUT2D eigenvalue weighted by Crippen LogP contribution is -2.47. The Hall–Kier alpha value is -1.92. The van der Waals surface area contributed by atoms with E-state index in [9.17, 15) is 14.7 Å². The zero-order valence-corrected chi connectivity index (χ0v) is 11.1. The molecule has 2 unspecified atom stereocenters. The summed E-state index contributed by atoms with van der Waals surface area (Å²) in [5.41, 5.74) is -0.669. The molecule has 0 spiro atoms. The number of aliphatic carboxylic acids is 1. The van der Waals surface area contributed by atoms with E-state index in [1.54, 1.807) is 17.8 Å². The largest absolute Gasteiger partial charge is 0.481 e. The Morgan fingerprint density at radius 2 is 2.37 bits per heavy atom. The highest BCUT2D eigenvalue weighted by atomic mass is 16.4. The molecule has 1 aliphatic rings. The second-order valence-electron chi connectivity index (χ2n) is 5.10. The molecule has 0 saturated heterocycles. The van der Waals surface area contributed by atoms with Gasteiger partial charge in [-0.2, -0.15) is 0 Å². The molecule has 1 amide bonds. The average molecular weight is 266 g/mol. The van der Waals surface area contributed by atoms with Gasteiger partial charge in [-0.15, -0.1) is 5.10 Å². The van der Waals surface area contributed by atoms with Gasteiger partial charge < -0.3 is 10.4 Å². The predicted molar refractivity (Wildman–Crippen MR) is 66.5 cm³/mol. The first-order valence-corrected chi connectivity index (χ1v) is 6.41. The van der Waals surface area contributed by atoms with Gasteiger partial charge in [0.25, 0.3) is 5.91 Å². The predicted octanol–water partition coefficient (Wildman–Crippen LogP) is 0.671. The highest BCUT2D eigenvalue weighted by molar-refractivity contribution is 5.92. The van der Waals surface area contributed by atoms with E-state index in [-0.39, 0.29) is 17.6 Å². The Morgan fingerprint density at radius 3 is 2.95 bits per heavy atom. The maximum absolute atomic E-state index is 12.0. The first-order valence-electron chi connectivity index (χ1n) is 6.41. The van der Waals surface area contributed by atoms with Crippen LogP contribution in [-0.2, 0) is 11.3 Å². The van der Waals surface area contributed by atoms with Crippen LogP contribution in [0.1, 0.15) is 43.6 Å². The number of amides is 1. The number of carbonyl (C=O) groups is 2. The molecule has 1 fully saturated rings.